The number of hydrogen-bond donors (Lipinski definition) is 0. The summed E-state index contributed by atoms with van der Waals surface area (Å²) in [6, 6.07) is 5.41. The van der Waals surface area contributed by atoms with E-state index in [-0.39, 0.29) is 5.92 Å². The summed E-state index contributed by atoms with van der Waals surface area (Å²) >= 11 is 0. The van der Waals surface area contributed by atoms with Crippen LogP contribution in [0.1, 0.15) is 61.9 Å². The van der Waals surface area contributed by atoms with Crippen molar-refractivity contribution in [3.8, 4) is 0 Å². The Morgan fingerprint density at radius 2 is 1.92 bits per heavy atom. The third-order valence-corrected chi connectivity index (χ3v) is 4.97. The van der Waals surface area contributed by atoms with Crippen LogP contribution in [0.5, 0.6) is 0 Å². The molecule has 0 radical (unpaired) electrons. The fourth-order valence-electron chi connectivity index (χ4n) is 3.14. The van der Waals surface area contributed by atoms with E-state index < -0.39 is 17.2 Å². The second kappa shape index (κ2) is 6.78. The van der Waals surface area contributed by atoms with Gasteiger partial charge in [-0.25, -0.2) is 0 Å². The van der Waals surface area contributed by atoms with Crippen LogP contribution < -0.4 is 0 Å². The molecule has 1 aromatic carbocycles. The molecule has 1 aromatic heterocycles. The summed E-state index contributed by atoms with van der Waals surface area (Å²) in [7, 11) is 0. The van der Waals surface area contributed by atoms with E-state index in [1.54, 1.807) is 6.07 Å². The van der Waals surface area contributed by atoms with Crippen molar-refractivity contribution in [2.75, 3.05) is 13.2 Å². The summed E-state index contributed by atoms with van der Waals surface area (Å²) in [4.78, 5) is 0. The molecule has 1 saturated heterocycles. The Morgan fingerprint density at radius 3 is 2.56 bits per heavy atom. The number of ether oxygens (including phenoxy) is 1. The molecule has 1 atom stereocenters. The highest BCUT2D eigenvalue weighted by atomic mass is 19.4. The van der Waals surface area contributed by atoms with E-state index in [4.69, 9.17) is 9.15 Å². The molecular weight excluding hydrogens is 333 g/mol. The molecule has 1 fully saturated rings. The van der Waals surface area contributed by atoms with E-state index in [2.05, 4.69) is 10.2 Å². The molecule has 7 heteroatoms. The minimum Gasteiger partial charge on any atom is -0.424 e. The Labute approximate surface area is 144 Å². The van der Waals surface area contributed by atoms with Crippen molar-refractivity contribution in [1.82, 2.24) is 10.2 Å². The predicted molar refractivity (Wildman–Crippen MR) is 85.3 cm³/mol. The SMILES string of the molecule is CCC(C)c1nnc(C2(c3cccc(C(F)(F)F)c3)CCOCC2)o1. The van der Waals surface area contributed by atoms with Crippen molar-refractivity contribution >= 4 is 0 Å². The molecule has 0 bridgehead atoms. The van der Waals surface area contributed by atoms with Crippen molar-refractivity contribution in [2.45, 2.75) is 50.6 Å². The lowest BCUT2D eigenvalue weighted by molar-refractivity contribution is -0.137. The second-order valence-electron chi connectivity index (χ2n) is 6.53. The summed E-state index contributed by atoms with van der Waals surface area (Å²) in [5.74, 6) is 1.01. The zero-order valence-electron chi connectivity index (χ0n) is 14.3. The van der Waals surface area contributed by atoms with Crippen LogP contribution in [0.4, 0.5) is 13.2 Å². The molecule has 1 unspecified atom stereocenters. The number of alkyl halides is 3. The van der Waals surface area contributed by atoms with Crippen molar-refractivity contribution in [2.24, 2.45) is 0 Å². The van der Waals surface area contributed by atoms with E-state index in [1.807, 2.05) is 13.8 Å². The van der Waals surface area contributed by atoms with Gasteiger partial charge >= 0.3 is 6.18 Å². The first-order valence-corrected chi connectivity index (χ1v) is 8.46. The van der Waals surface area contributed by atoms with Crippen molar-refractivity contribution in [3.05, 3.63) is 47.2 Å². The van der Waals surface area contributed by atoms with Gasteiger partial charge in [-0.1, -0.05) is 32.0 Å². The van der Waals surface area contributed by atoms with Gasteiger partial charge in [0.15, 0.2) is 0 Å². The second-order valence-corrected chi connectivity index (χ2v) is 6.53. The fraction of sp³-hybridized carbons (Fsp3) is 0.556. The van der Waals surface area contributed by atoms with Gasteiger partial charge in [0, 0.05) is 19.1 Å². The van der Waals surface area contributed by atoms with Crippen molar-refractivity contribution < 1.29 is 22.3 Å². The third kappa shape index (κ3) is 3.42. The normalized spacial score (nSPS) is 18.9. The molecule has 1 aliphatic heterocycles. The maximum Gasteiger partial charge on any atom is 0.416 e. The Bertz CT molecular complexity index is 721. The molecule has 136 valence electrons. The molecule has 3 rings (SSSR count). The lowest BCUT2D eigenvalue weighted by Crippen LogP contribution is -2.35. The molecule has 0 N–H and O–H groups in total. The molecule has 4 nitrogen and oxygen atoms in total. The van der Waals surface area contributed by atoms with Crippen LogP contribution in [0.2, 0.25) is 0 Å². The quantitative estimate of drug-likeness (QED) is 0.799. The minimum absolute atomic E-state index is 0.111. The average Bonchev–Trinajstić information content (AvgIpc) is 3.12. The molecule has 1 aliphatic rings. The van der Waals surface area contributed by atoms with E-state index in [1.165, 1.54) is 12.1 Å². The molecular formula is C18H21F3N2O2. The Morgan fingerprint density at radius 1 is 1.20 bits per heavy atom. The first-order chi connectivity index (χ1) is 11.9. The summed E-state index contributed by atoms with van der Waals surface area (Å²) < 4.78 is 50.8. The molecule has 0 spiro atoms. The number of benzene rings is 1. The molecule has 2 heterocycles. The number of rotatable bonds is 4. The Hall–Kier alpha value is -1.89. The van der Waals surface area contributed by atoms with Crippen LogP contribution >= 0.6 is 0 Å². The summed E-state index contributed by atoms with van der Waals surface area (Å²) in [6.45, 7) is 4.89. The number of hydrogen-bond acceptors (Lipinski definition) is 4. The van der Waals surface area contributed by atoms with E-state index >= 15 is 0 Å². The van der Waals surface area contributed by atoms with Crippen LogP contribution in [0, 0.1) is 0 Å². The van der Waals surface area contributed by atoms with E-state index in [9.17, 15) is 13.2 Å². The van der Waals surface area contributed by atoms with E-state index in [0.29, 0.717) is 43.4 Å². The Kier molecular flexibility index (Phi) is 4.86. The topological polar surface area (TPSA) is 48.2 Å². The van der Waals surface area contributed by atoms with Crippen molar-refractivity contribution in [1.29, 1.82) is 0 Å². The lowest BCUT2D eigenvalue weighted by atomic mass is 9.73. The van der Waals surface area contributed by atoms with Crippen LogP contribution in [-0.2, 0) is 16.3 Å². The zero-order valence-corrected chi connectivity index (χ0v) is 14.3. The average molecular weight is 354 g/mol. The highest BCUT2D eigenvalue weighted by Gasteiger charge is 2.43. The fourth-order valence-corrected chi connectivity index (χ4v) is 3.14. The van der Waals surface area contributed by atoms with Gasteiger partial charge in [-0.2, -0.15) is 13.2 Å². The van der Waals surface area contributed by atoms with Gasteiger partial charge in [-0.3, -0.25) is 0 Å². The number of nitrogens with zero attached hydrogens (tertiary/aromatic N) is 2. The van der Waals surface area contributed by atoms with Crippen LogP contribution in [-0.4, -0.2) is 23.4 Å². The summed E-state index contributed by atoms with van der Waals surface area (Å²) in [5.41, 5.74) is -0.861. The maximum absolute atomic E-state index is 13.1. The van der Waals surface area contributed by atoms with Gasteiger partial charge < -0.3 is 9.15 Å². The lowest BCUT2D eigenvalue weighted by Gasteiger charge is -2.34. The van der Waals surface area contributed by atoms with Gasteiger partial charge in [-0.15, -0.1) is 10.2 Å². The largest absolute Gasteiger partial charge is 0.424 e. The zero-order chi connectivity index (χ0) is 18.1. The monoisotopic (exact) mass is 354 g/mol. The number of aromatic nitrogens is 2. The van der Waals surface area contributed by atoms with Gasteiger partial charge in [0.05, 0.1) is 11.0 Å². The standard InChI is InChI=1S/C18H21F3N2O2/c1-3-12(2)15-22-23-16(25-15)17(7-9-24-10-8-17)13-5-4-6-14(11-13)18(19,20)21/h4-6,11-12H,3,7-10H2,1-2H3. The number of halogens is 3. The molecule has 0 saturated carbocycles. The van der Waals surface area contributed by atoms with Crippen LogP contribution in [0.15, 0.2) is 28.7 Å². The van der Waals surface area contributed by atoms with Crippen molar-refractivity contribution in [3.63, 3.8) is 0 Å². The summed E-state index contributed by atoms with van der Waals surface area (Å²) in [5, 5.41) is 8.32. The molecule has 0 amide bonds. The van der Waals surface area contributed by atoms with Crippen LogP contribution in [0.25, 0.3) is 0 Å². The van der Waals surface area contributed by atoms with Gasteiger partial charge in [0.1, 0.15) is 0 Å². The molecule has 25 heavy (non-hydrogen) atoms. The van der Waals surface area contributed by atoms with Gasteiger partial charge in [-0.05, 0) is 30.9 Å². The van der Waals surface area contributed by atoms with Gasteiger partial charge in [0.2, 0.25) is 11.8 Å². The predicted octanol–water partition coefficient (Wildman–Crippen LogP) is 4.70. The van der Waals surface area contributed by atoms with Crippen LogP contribution in [0.3, 0.4) is 0 Å². The minimum atomic E-state index is -4.39. The first-order valence-electron chi connectivity index (χ1n) is 8.46. The van der Waals surface area contributed by atoms with Gasteiger partial charge in [0.25, 0.3) is 0 Å². The van der Waals surface area contributed by atoms with E-state index in [0.717, 1.165) is 12.5 Å². The Balaban J connectivity index is 2.07. The molecule has 2 aromatic rings. The highest BCUT2D eigenvalue weighted by molar-refractivity contribution is 5.36. The maximum atomic E-state index is 13.1. The smallest absolute Gasteiger partial charge is 0.416 e. The highest BCUT2D eigenvalue weighted by Crippen LogP contribution is 2.42. The first kappa shape index (κ1) is 17.9. The third-order valence-electron chi connectivity index (χ3n) is 4.97. The molecule has 0 aliphatic carbocycles. The summed E-state index contributed by atoms with van der Waals surface area (Å²) in [6.07, 6.45) is -2.52.